The van der Waals surface area contributed by atoms with Gasteiger partial charge < -0.3 is 10.2 Å². The first-order valence-corrected chi connectivity index (χ1v) is 13.0. The van der Waals surface area contributed by atoms with Crippen molar-refractivity contribution in [2.45, 2.75) is 76.8 Å². The molecule has 3 rings (SSSR count). The lowest BCUT2D eigenvalue weighted by Gasteiger charge is -2.31. The standard InChI is InChI=1S/C27H36N2O2S/c1-3-25(27(31)28-24-11-7-8-12-24)29(19-22-15-13-21(2)14-16-22)26(30)17-18-32-20-23-9-5-4-6-10-23/h4-6,9-10,13-16,24-25H,3,7-8,11-12,17-20H2,1-2H3,(H,28,31). The summed E-state index contributed by atoms with van der Waals surface area (Å²) in [6, 6.07) is 18.4. The summed E-state index contributed by atoms with van der Waals surface area (Å²) in [7, 11) is 0. The molecule has 0 aromatic heterocycles. The number of amides is 2. The number of hydrogen-bond acceptors (Lipinski definition) is 3. The highest BCUT2D eigenvalue weighted by molar-refractivity contribution is 7.98. The van der Waals surface area contributed by atoms with Crippen molar-refractivity contribution >= 4 is 23.6 Å². The highest BCUT2D eigenvalue weighted by Gasteiger charge is 2.30. The van der Waals surface area contributed by atoms with Crippen LogP contribution < -0.4 is 5.32 Å². The smallest absolute Gasteiger partial charge is 0.243 e. The Morgan fingerprint density at radius 2 is 1.72 bits per heavy atom. The molecule has 1 atom stereocenters. The molecule has 0 aliphatic heterocycles. The fourth-order valence-corrected chi connectivity index (χ4v) is 5.14. The van der Waals surface area contributed by atoms with Gasteiger partial charge in [-0.25, -0.2) is 0 Å². The van der Waals surface area contributed by atoms with Gasteiger partial charge in [0.25, 0.3) is 0 Å². The van der Waals surface area contributed by atoms with E-state index in [0.717, 1.165) is 29.9 Å². The quantitative estimate of drug-likeness (QED) is 0.459. The predicted molar refractivity (Wildman–Crippen MR) is 133 cm³/mol. The van der Waals surface area contributed by atoms with Crippen LogP contribution in [-0.2, 0) is 21.9 Å². The van der Waals surface area contributed by atoms with Gasteiger partial charge >= 0.3 is 0 Å². The van der Waals surface area contributed by atoms with Crippen LogP contribution in [0.15, 0.2) is 54.6 Å². The Labute approximate surface area is 197 Å². The van der Waals surface area contributed by atoms with Crippen molar-refractivity contribution in [3.63, 3.8) is 0 Å². The van der Waals surface area contributed by atoms with Crippen LogP contribution in [0.2, 0.25) is 0 Å². The first-order chi connectivity index (χ1) is 15.6. The van der Waals surface area contributed by atoms with Gasteiger partial charge in [0.05, 0.1) is 0 Å². The molecule has 4 nitrogen and oxygen atoms in total. The highest BCUT2D eigenvalue weighted by atomic mass is 32.2. The second-order valence-electron chi connectivity index (χ2n) is 8.71. The van der Waals surface area contributed by atoms with Crippen molar-refractivity contribution in [2.75, 3.05) is 5.75 Å². The Morgan fingerprint density at radius 1 is 1.03 bits per heavy atom. The van der Waals surface area contributed by atoms with Crippen molar-refractivity contribution in [1.82, 2.24) is 10.2 Å². The minimum atomic E-state index is -0.427. The largest absolute Gasteiger partial charge is 0.352 e. The van der Waals surface area contributed by atoms with Gasteiger partial charge in [-0.2, -0.15) is 11.8 Å². The Bertz CT molecular complexity index is 848. The number of hydrogen-bond donors (Lipinski definition) is 1. The van der Waals surface area contributed by atoms with Gasteiger partial charge in [-0.1, -0.05) is 79.9 Å². The second-order valence-corrected chi connectivity index (χ2v) is 9.81. The fraction of sp³-hybridized carbons (Fsp3) is 0.481. The molecule has 1 saturated carbocycles. The maximum Gasteiger partial charge on any atom is 0.243 e. The van der Waals surface area contributed by atoms with Crippen LogP contribution in [0.1, 0.15) is 62.1 Å². The second kappa shape index (κ2) is 12.7. The van der Waals surface area contributed by atoms with Crippen LogP contribution in [0.25, 0.3) is 0 Å². The van der Waals surface area contributed by atoms with Gasteiger partial charge in [-0.05, 0) is 37.3 Å². The molecule has 1 fully saturated rings. The molecule has 0 bridgehead atoms. The normalized spacial score (nSPS) is 14.8. The van der Waals surface area contributed by atoms with E-state index >= 15 is 0 Å². The van der Waals surface area contributed by atoms with Crippen LogP contribution in [0.3, 0.4) is 0 Å². The average molecular weight is 453 g/mol. The van der Waals surface area contributed by atoms with Gasteiger partial charge in [0.2, 0.25) is 11.8 Å². The summed E-state index contributed by atoms with van der Waals surface area (Å²) >= 11 is 1.77. The summed E-state index contributed by atoms with van der Waals surface area (Å²) in [5.74, 6) is 1.70. The minimum Gasteiger partial charge on any atom is -0.352 e. The number of carbonyl (C=O) groups excluding carboxylic acids is 2. The summed E-state index contributed by atoms with van der Waals surface area (Å²) in [5, 5.41) is 3.21. The summed E-state index contributed by atoms with van der Waals surface area (Å²) in [6.07, 6.45) is 5.50. The number of thioether (sulfide) groups is 1. The molecular formula is C27H36N2O2S. The number of rotatable bonds is 11. The van der Waals surface area contributed by atoms with E-state index in [0.29, 0.717) is 19.4 Å². The Hall–Kier alpha value is -2.27. The van der Waals surface area contributed by atoms with Crippen molar-refractivity contribution in [2.24, 2.45) is 0 Å². The third kappa shape index (κ3) is 7.40. The van der Waals surface area contributed by atoms with E-state index < -0.39 is 6.04 Å². The van der Waals surface area contributed by atoms with E-state index in [1.165, 1.54) is 24.0 Å². The predicted octanol–water partition coefficient (Wildman–Crippen LogP) is 5.48. The van der Waals surface area contributed by atoms with E-state index in [1.807, 2.05) is 25.1 Å². The number of carbonyl (C=O) groups is 2. The molecule has 172 valence electrons. The van der Waals surface area contributed by atoms with Crippen LogP contribution in [-0.4, -0.2) is 34.6 Å². The van der Waals surface area contributed by atoms with E-state index in [4.69, 9.17) is 0 Å². The van der Waals surface area contributed by atoms with Crippen molar-refractivity contribution in [3.05, 3.63) is 71.3 Å². The Balaban J connectivity index is 1.64. The van der Waals surface area contributed by atoms with E-state index in [1.54, 1.807) is 16.7 Å². The average Bonchev–Trinajstić information content (AvgIpc) is 3.31. The van der Waals surface area contributed by atoms with Crippen molar-refractivity contribution in [1.29, 1.82) is 0 Å². The zero-order chi connectivity index (χ0) is 22.8. The van der Waals surface area contributed by atoms with Crippen LogP contribution in [0.4, 0.5) is 0 Å². The monoisotopic (exact) mass is 452 g/mol. The van der Waals surface area contributed by atoms with Crippen molar-refractivity contribution in [3.8, 4) is 0 Å². The Morgan fingerprint density at radius 3 is 2.38 bits per heavy atom. The lowest BCUT2D eigenvalue weighted by Crippen LogP contribution is -2.51. The number of aryl methyl sites for hydroxylation is 1. The molecule has 1 N–H and O–H groups in total. The van der Waals surface area contributed by atoms with Gasteiger partial charge in [0.1, 0.15) is 6.04 Å². The van der Waals surface area contributed by atoms with Gasteiger partial charge in [0, 0.05) is 30.5 Å². The molecule has 0 heterocycles. The molecule has 1 aliphatic rings. The van der Waals surface area contributed by atoms with Crippen LogP contribution >= 0.6 is 11.8 Å². The molecule has 5 heteroatoms. The molecule has 2 aromatic rings. The lowest BCUT2D eigenvalue weighted by molar-refractivity contribution is -0.141. The van der Waals surface area contributed by atoms with Gasteiger partial charge in [0.15, 0.2) is 0 Å². The molecule has 1 unspecified atom stereocenters. The summed E-state index contributed by atoms with van der Waals surface area (Å²) in [5.41, 5.74) is 3.52. The summed E-state index contributed by atoms with van der Waals surface area (Å²) < 4.78 is 0. The number of nitrogens with one attached hydrogen (secondary N) is 1. The zero-order valence-corrected chi connectivity index (χ0v) is 20.2. The van der Waals surface area contributed by atoms with Crippen molar-refractivity contribution < 1.29 is 9.59 Å². The SMILES string of the molecule is CCC(C(=O)NC1CCCC1)N(Cc1ccc(C)cc1)C(=O)CCSCc1ccccc1. The maximum absolute atomic E-state index is 13.3. The molecule has 0 saturated heterocycles. The van der Waals surface area contributed by atoms with E-state index in [2.05, 4.69) is 48.6 Å². The highest BCUT2D eigenvalue weighted by Crippen LogP contribution is 2.20. The molecule has 2 aromatic carbocycles. The molecule has 0 radical (unpaired) electrons. The lowest BCUT2D eigenvalue weighted by atomic mass is 10.1. The van der Waals surface area contributed by atoms with Gasteiger partial charge in [-0.3, -0.25) is 9.59 Å². The molecular weight excluding hydrogens is 416 g/mol. The fourth-order valence-electron chi connectivity index (χ4n) is 4.24. The molecule has 0 spiro atoms. The summed E-state index contributed by atoms with van der Waals surface area (Å²) in [4.78, 5) is 28.2. The van der Waals surface area contributed by atoms with E-state index in [9.17, 15) is 9.59 Å². The van der Waals surface area contributed by atoms with E-state index in [-0.39, 0.29) is 17.9 Å². The summed E-state index contributed by atoms with van der Waals surface area (Å²) in [6.45, 7) is 4.53. The Kier molecular flexibility index (Phi) is 9.66. The zero-order valence-electron chi connectivity index (χ0n) is 19.4. The number of benzene rings is 2. The third-order valence-corrected chi connectivity index (χ3v) is 7.16. The van der Waals surface area contributed by atoms with Gasteiger partial charge in [-0.15, -0.1) is 0 Å². The molecule has 1 aliphatic carbocycles. The maximum atomic E-state index is 13.3. The van der Waals surface area contributed by atoms with Crippen LogP contribution in [0.5, 0.6) is 0 Å². The topological polar surface area (TPSA) is 49.4 Å². The molecule has 32 heavy (non-hydrogen) atoms. The first kappa shape index (κ1) is 24.4. The third-order valence-electron chi connectivity index (χ3n) is 6.13. The molecule has 2 amide bonds. The first-order valence-electron chi connectivity index (χ1n) is 11.8. The van der Waals surface area contributed by atoms with Crippen LogP contribution in [0, 0.1) is 6.92 Å². The number of nitrogens with zero attached hydrogens (tertiary/aromatic N) is 1. The minimum absolute atomic E-state index is 0.00296.